The fourth-order valence-corrected chi connectivity index (χ4v) is 4.03. The molecular formula is C22H30N4O3. The van der Waals surface area contributed by atoms with E-state index in [1.807, 2.05) is 12.1 Å². The zero-order valence-corrected chi connectivity index (χ0v) is 17.1. The Balaban J connectivity index is 1.66. The molecule has 2 aromatic rings. The van der Waals surface area contributed by atoms with Crippen molar-refractivity contribution in [2.75, 3.05) is 19.6 Å². The maximum Gasteiger partial charge on any atom is 0.317 e. The van der Waals surface area contributed by atoms with Gasteiger partial charge in [-0.1, -0.05) is 24.6 Å². The number of aryl methyl sites for hydroxylation is 1. The van der Waals surface area contributed by atoms with E-state index in [0.29, 0.717) is 23.6 Å². The molecular weight excluding hydrogens is 368 g/mol. The standard InChI is InChI=1S/C22H30N4O3/c1-3-13-25-18-9-4-5-10-19(18)26(22(29)21(25)28)15-11-20(27)23-12-16-24-14-7-6-8-17(24)2/h3-5,9-10,17H,1,6-8,11-16H2,2H3,(H,23,27). The monoisotopic (exact) mass is 398 g/mol. The van der Waals surface area contributed by atoms with E-state index < -0.39 is 11.1 Å². The number of carbonyl (C=O) groups excluding carboxylic acids is 1. The van der Waals surface area contributed by atoms with Gasteiger partial charge in [-0.3, -0.25) is 23.9 Å². The fraction of sp³-hybridized carbons (Fsp3) is 0.500. The van der Waals surface area contributed by atoms with E-state index in [2.05, 4.69) is 23.7 Å². The predicted octanol–water partition coefficient (Wildman–Crippen LogP) is 1.73. The quantitative estimate of drug-likeness (QED) is 0.543. The minimum atomic E-state index is -0.611. The second-order valence-corrected chi connectivity index (χ2v) is 7.63. The first-order valence-corrected chi connectivity index (χ1v) is 10.4. The van der Waals surface area contributed by atoms with Gasteiger partial charge in [0.25, 0.3) is 0 Å². The first-order chi connectivity index (χ1) is 14.0. The number of benzene rings is 1. The van der Waals surface area contributed by atoms with Gasteiger partial charge in [0.1, 0.15) is 0 Å². The number of rotatable bonds is 8. The molecule has 1 N–H and O–H groups in total. The number of likely N-dealkylation sites (tertiary alicyclic amines) is 1. The molecule has 0 saturated carbocycles. The van der Waals surface area contributed by atoms with Crippen LogP contribution < -0.4 is 16.4 Å². The van der Waals surface area contributed by atoms with Crippen molar-refractivity contribution in [3.05, 3.63) is 57.6 Å². The Morgan fingerprint density at radius 1 is 1.14 bits per heavy atom. The van der Waals surface area contributed by atoms with Gasteiger partial charge in [0, 0.05) is 38.6 Å². The molecule has 1 amide bonds. The topological polar surface area (TPSA) is 76.3 Å². The number of aromatic nitrogens is 2. The van der Waals surface area contributed by atoms with Crippen molar-refractivity contribution in [1.29, 1.82) is 0 Å². The van der Waals surface area contributed by atoms with Crippen LogP contribution in [0.3, 0.4) is 0 Å². The lowest BCUT2D eigenvalue weighted by Gasteiger charge is -2.33. The largest absolute Gasteiger partial charge is 0.355 e. The summed E-state index contributed by atoms with van der Waals surface area (Å²) < 4.78 is 2.82. The molecule has 1 aromatic heterocycles. The molecule has 0 aliphatic carbocycles. The lowest BCUT2D eigenvalue weighted by molar-refractivity contribution is -0.121. The van der Waals surface area contributed by atoms with Crippen LogP contribution in [0.15, 0.2) is 46.5 Å². The van der Waals surface area contributed by atoms with Crippen molar-refractivity contribution in [3.8, 4) is 0 Å². The third kappa shape index (κ3) is 4.85. The van der Waals surface area contributed by atoms with Crippen molar-refractivity contribution in [3.63, 3.8) is 0 Å². The number of hydrogen-bond acceptors (Lipinski definition) is 4. The number of para-hydroxylation sites is 2. The van der Waals surface area contributed by atoms with Crippen LogP contribution in [0.1, 0.15) is 32.6 Å². The molecule has 156 valence electrons. The molecule has 1 fully saturated rings. The Morgan fingerprint density at radius 2 is 1.83 bits per heavy atom. The molecule has 29 heavy (non-hydrogen) atoms. The summed E-state index contributed by atoms with van der Waals surface area (Å²) >= 11 is 0. The summed E-state index contributed by atoms with van der Waals surface area (Å²) in [4.78, 5) is 39.8. The van der Waals surface area contributed by atoms with Crippen LogP contribution in [0.25, 0.3) is 11.0 Å². The lowest BCUT2D eigenvalue weighted by atomic mass is 10.0. The zero-order chi connectivity index (χ0) is 20.8. The number of allylic oxidation sites excluding steroid dienone is 1. The summed E-state index contributed by atoms with van der Waals surface area (Å²) in [6, 6.07) is 7.81. The first kappa shape index (κ1) is 21.0. The summed E-state index contributed by atoms with van der Waals surface area (Å²) in [5, 5.41) is 2.94. The maximum atomic E-state index is 12.6. The third-order valence-corrected chi connectivity index (χ3v) is 5.67. The van der Waals surface area contributed by atoms with E-state index >= 15 is 0 Å². The molecule has 1 unspecified atom stereocenters. The van der Waals surface area contributed by atoms with Gasteiger partial charge >= 0.3 is 11.1 Å². The molecule has 3 rings (SSSR count). The number of carbonyl (C=O) groups is 1. The highest BCUT2D eigenvalue weighted by atomic mass is 16.2. The highest BCUT2D eigenvalue weighted by molar-refractivity contribution is 5.77. The van der Waals surface area contributed by atoms with Gasteiger partial charge in [0.05, 0.1) is 11.0 Å². The molecule has 1 aliphatic heterocycles. The van der Waals surface area contributed by atoms with Crippen LogP contribution >= 0.6 is 0 Å². The summed E-state index contributed by atoms with van der Waals surface area (Å²) in [6.07, 6.45) is 5.45. The molecule has 1 aliphatic rings. The number of hydrogen-bond donors (Lipinski definition) is 1. The Kier molecular flexibility index (Phi) is 7.04. The average molecular weight is 399 g/mol. The summed E-state index contributed by atoms with van der Waals surface area (Å²) in [5.41, 5.74) is 0.106. The normalized spacial score (nSPS) is 17.3. The molecule has 0 bridgehead atoms. The highest BCUT2D eigenvalue weighted by Crippen LogP contribution is 2.15. The first-order valence-electron chi connectivity index (χ1n) is 10.4. The van der Waals surface area contributed by atoms with Crippen molar-refractivity contribution in [2.24, 2.45) is 0 Å². The summed E-state index contributed by atoms with van der Waals surface area (Å²) in [7, 11) is 0. The lowest BCUT2D eigenvalue weighted by Crippen LogP contribution is -2.43. The highest BCUT2D eigenvalue weighted by Gasteiger charge is 2.18. The maximum absolute atomic E-state index is 12.6. The number of nitrogens with one attached hydrogen (secondary N) is 1. The van der Waals surface area contributed by atoms with Crippen LogP contribution in [0.2, 0.25) is 0 Å². The smallest absolute Gasteiger partial charge is 0.317 e. The number of fused-ring (bicyclic) bond motifs is 1. The van der Waals surface area contributed by atoms with Gasteiger partial charge in [0.15, 0.2) is 0 Å². The van der Waals surface area contributed by atoms with Gasteiger partial charge in [-0.2, -0.15) is 0 Å². The molecule has 0 spiro atoms. The van der Waals surface area contributed by atoms with Crippen molar-refractivity contribution in [1.82, 2.24) is 19.4 Å². The van der Waals surface area contributed by atoms with Gasteiger partial charge in [-0.15, -0.1) is 6.58 Å². The molecule has 7 nitrogen and oxygen atoms in total. The van der Waals surface area contributed by atoms with Crippen molar-refractivity contribution < 1.29 is 4.79 Å². The van der Waals surface area contributed by atoms with Crippen molar-refractivity contribution >= 4 is 16.9 Å². The van der Waals surface area contributed by atoms with Crippen LogP contribution in [0.5, 0.6) is 0 Å². The average Bonchev–Trinajstić information content (AvgIpc) is 2.72. The Hall–Kier alpha value is -2.67. The third-order valence-electron chi connectivity index (χ3n) is 5.67. The molecule has 2 heterocycles. The van der Waals surface area contributed by atoms with Crippen LogP contribution in [-0.2, 0) is 17.9 Å². The molecule has 1 atom stereocenters. The second kappa shape index (κ2) is 9.69. The summed E-state index contributed by atoms with van der Waals surface area (Å²) in [6.45, 7) is 8.85. The molecule has 7 heteroatoms. The minimum absolute atomic E-state index is 0.110. The van der Waals surface area contributed by atoms with Gasteiger partial charge in [0.2, 0.25) is 5.91 Å². The number of nitrogens with zero attached hydrogens (tertiary/aromatic N) is 3. The van der Waals surface area contributed by atoms with Crippen LogP contribution in [0, 0.1) is 0 Å². The predicted molar refractivity (Wildman–Crippen MR) is 115 cm³/mol. The second-order valence-electron chi connectivity index (χ2n) is 7.63. The van der Waals surface area contributed by atoms with Gasteiger partial charge in [-0.25, -0.2) is 0 Å². The number of piperidine rings is 1. The Labute approximate surface area is 170 Å². The Morgan fingerprint density at radius 3 is 2.52 bits per heavy atom. The molecule has 1 saturated heterocycles. The van der Waals surface area contributed by atoms with Crippen molar-refractivity contribution in [2.45, 2.75) is 51.7 Å². The van der Waals surface area contributed by atoms with E-state index in [4.69, 9.17) is 0 Å². The number of amides is 1. The van der Waals surface area contributed by atoms with E-state index in [-0.39, 0.29) is 25.4 Å². The van der Waals surface area contributed by atoms with E-state index in [0.717, 1.165) is 13.1 Å². The van der Waals surface area contributed by atoms with E-state index in [1.54, 1.807) is 18.2 Å². The van der Waals surface area contributed by atoms with E-state index in [1.165, 1.54) is 28.4 Å². The Bertz CT molecular complexity index is 992. The van der Waals surface area contributed by atoms with Crippen LogP contribution in [-0.4, -0.2) is 45.6 Å². The van der Waals surface area contributed by atoms with E-state index in [9.17, 15) is 14.4 Å². The van der Waals surface area contributed by atoms with Gasteiger partial charge < -0.3 is 9.88 Å². The fourth-order valence-electron chi connectivity index (χ4n) is 4.03. The summed E-state index contributed by atoms with van der Waals surface area (Å²) in [5.74, 6) is -0.110. The zero-order valence-electron chi connectivity index (χ0n) is 17.1. The molecule has 1 aromatic carbocycles. The SMILES string of the molecule is C=CCn1c(=O)c(=O)n(CCC(=O)NCCN2CCCCC2C)c2ccccc21. The molecule has 0 radical (unpaired) electrons. The minimum Gasteiger partial charge on any atom is -0.355 e. The van der Waals surface area contributed by atoms with Crippen LogP contribution in [0.4, 0.5) is 0 Å². The van der Waals surface area contributed by atoms with Gasteiger partial charge in [-0.05, 0) is 38.4 Å².